The van der Waals surface area contributed by atoms with Gasteiger partial charge in [-0.3, -0.25) is 9.78 Å². The summed E-state index contributed by atoms with van der Waals surface area (Å²) in [5.41, 5.74) is 5.21. The van der Waals surface area contributed by atoms with Crippen LogP contribution in [0, 0.1) is 0 Å². The van der Waals surface area contributed by atoms with E-state index in [4.69, 9.17) is 0 Å². The Hall–Kier alpha value is -3.86. The summed E-state index contributed by atoms with van der Waals surface area (Å²) < 4.78 is 1.80. The van der Waals surface area contributed by atoms with Crippen molar-refractivity contribution in [2.45, 2.75) is 32.6 Å². The molecule has 2 aromatic carbocycles. The molecule has 5 rings (SSSR count). The summed E-state index contributed by atoms with van der Waals surface area (Å²) in [6, 6.07) is 19.8. The van der Waals surface area contributed by atoms with Crippen molar-refractivity contribution in [3.05, 3.63) is 96.1 Å². The normalized spacial score (nSPS) is 11.8. The van der Waals surface area contributed by atoms with Crippen LogP contribution in [0.15, 0.2) is 79.3 Å². The zero-order chi connectivity index (χ0) is 22.3. The molecule has 0 atom stereocenters. The summed E-state index contributed by atoms with van der Waals surface area (Å²) >= 11 is 0. The van der Waals surface area contributed by atoms with Crippen LogP contribution in [0.4, 0.5) is 0 Å². The van der Waals surface area contributed by atoms with Crippen molar-refractivity contribution < 1.29 is 4.79 Å². The molecule has 0 aliphatic rings. The minimum absolute atomic E-state index is 0.0452. The zero-order valence-electron chi connectivity index (χ0n) is 18.4. The van der Waals surface area contributed by atoms with Gasteiger partial charge in [0.2, 0.25) is 0 Å². The van der Waals surface area contributed by atoms with Gasteiger partial charge in [-0.25, -0.2) is 9.50 Å². The third-order valence-corrected chi connectivity index (χ3v) is 5.77. The number of hydrogen-bond donors (Lipinski definition) is 0. The molecule has 0 aliphatic heterocycles. The number of benzene rings is 2. The Balaban J connectivity index is 1.54. The first-order valence-electron chi connectivity index (χ1n) is 10.7. The molecule has 0 unspecified atom stereocenters. The predicted molar refractivity (Wildman–Crippen MR) is 127 cm³/mol. The second-order valence-corrected chi connectivity index (χ2v) is 9.07. The lowest BCUT2D eigenvalue weighted by molar-refractivity contribution is 0.0992. The first kappa shape index (κ1) is 20.1. The first-order chi connectivity index (χ1) is 15.4. The van der Waals surface area contributed by atoms with Crippen molar-refractivity contribution in [2.24, 2.45) is 0 Å². The van der Waals surface area contributed by atoms with Crippen molar-refractivity contribution in [1.29, 1.82) is 0 Å². The summed E-state index contributed by atoms with van der Waals surface area (Å²) in [6.45, 7) is 6.49. The second-order valence-electron chi connectivity index (χ2n) is 9.07. The highest BCUT2D eigenvalue weighted by molar-refractivity contribution is 5.98. The van der Waals surface area contributed by atoms with Crippen LogP contribution in [0.2, 0.25) is 0 Å². The fraction of sp³-hybridized carbons (Fsp3) is 0.185. The lowest BCUT2D eigenvalue weighted by atomic mass is 9.86. The summed E-state index contributed by atoms with van der Waals surface area (Å²) in [6.07, 6.45) is 5.64. The van der Waals surface area contributed by atoms with Crippen molar-refractivity contribution in [2.75, 3.05) is 0 Å². The van der Waals surface area contributed by atoms with E-state index < -0.39 is 0 Å². The number of hydrogen-bond acceptors (Lipinski definition) is 4. The summed E-state index contributed by atoms with van der Waals surface area (Å²) in [5, 5.41) is 6.59. The maximum Gasteiger partial charge on any atom is 0.168 e. The molecule has 0 N–H and O–H groups in total. The Labute approximate surface area is 186 Å². The first-order valence-corrected chi connectivity index (χ1v) is 10.7. The molecule has 158 valence electrons. The minimum atomic E-state index is 0.0452. The fourth-order valence-electron chi connectivity index (χ4n) is 3.99. The van der Waals surface area contributed by atoms with Crippen LogP contribution in [0.5, 0.6) is 0 Å². The van der Waals surface area contributed by atoms with Gasteiger partial charge in [-0.2, -0.15) is 5.10 Å². The highest BCUT2D eigenvalue weighted by atomic mass is 16.1. The van der Waals surface area contributed by atoms with Crippen LogP contribution in [0.3, 0.4) is 0 Å². The van der Waals surface area contributed by atoms with E-state index in [1.807, 2.05) is 67.0 Å². The van der Waals surface area contributed by atoms with Gasteiger partial charge in [-0.1, -0.05) is 69.3 Å². The molecule has 5 nitrogen and oxygen atoms in total. The van der Waals surface area contributed by atoms with Gasteiger partial charge in [0.25, 0.3) is 0 Å². The summed E-state index contributed by atoms with van der Waals surface area (Å²) in [5.74, 6) is 0.0452. The predicted octanol–water partition coefficient (Wildman–Crippen LogP) is 5.67. The quantitative estimate of drug-likeness (QED) is 0.352. The second kappa shape index (κ2) is 7.68. The fourth-order valence-corrected chi connectivity index (χ4v) is 3.99. The van der Waals surface area contributed by atoms with Crippen LogP contribution in [0.25, 0.3) is 27.7 Å². The molecule has 0 radical (unpaired) electrons. The lowest BCUT2D eigenvalue weighted by Gasteiger charge is -2.19. The maximum atomic E-state index is 13.0. The summed E-state index contributed by atoms with van der Waals surface area (Å²) in [4.78, 5) is 22.1. The van der Waals surface area contributed by atoms with E-state index >= 15 is 0 Å². The van der Waals surface area contributed by atoms with Crippen molar-refractivity contribution in [3.63, 3.8) is 0 Å². The molecule has 3 heterocycles. The Morgan fingerprint density at radius 2 is 1.75 bits per heavy atom. The molecule has 0 spiro atoms. The number of nitrogens with zero attached hydrogens (tertiary/aromatic N) is 4. The number of ketones is 1. The smallest absolute Gasteiger partial charge is 0.168 e. The average molecular weight is 421 g/mol. The molecular formula is C27H24N4O. The highest BCUT2D eigenvalue weighted by Gasteiger charge is 2.17. The molecule has 3 aromatic heterocycles. The molecule has 0 bridgehead atoms. The monoisotopic (exact) mass is 420 g/mol. The van der Waals surface area contributed by atoms with Gasteiger partial charge in [0.05, 0.1) is 24.0 Å². The van der Waals surface area contributed by atoms with E-state index in [9.17, 15) is 4.79 Å². The topological polar surface area (TPSA) is 60.2 Å². The average Bonchev–Trinajstić information content (AvgIpc) is 3.26. The van der Waals surface area contributed by atoms with Crippen molar-refractivity contribution in [1.82, 2.24) is 19.6 Å². The van der Waals surface area contributed by atoms with Crippen LogP contribution in [-0.4, -0.2) is 25.4 Å². The summed E-state index contributed by atoms with van der Waals surface area (Å²) in [7, 11) is 0. The Kier molecular flexibility index (Phi) is 4.82. The molecule has 0 fully saturated rings. The molecule has 5 aromatic rings. The number of carbonyl (C=O) groups is 1. The van der Waals surface area contributed by atoms with Crippen LogP contribution < -0.4 is 0 Å². The van der Waals surface area contributed by atoms with E-state index in [1.165, 1.54) is 5.56 Å². The maximum absolute atomic E-state index is 13.0. The largest absolute Gasteiger partial charge is 0.294 e. The van der Waals surface area contributed by atoms with E-state index in [-0.39, 0.29) is 17.6 Å². The number of Topliss-reactive ketones (excluding diaryl/α,β-unsaturated/α-hetero) is 1. The van der Waals surface area contributed by atoms with E-state index in [0.717, 1.165) is 22.0 Å². The van der Waals surface area contributed by atoms with Gasteiger partial charge in [-0.05, 0) is 22.4 Å². The third kappa shape index (κ3) is 3.66. The Morgan fingerprint density at radius 3 is 2.53 bits per heavy atom. The Morgan fingerprint density at radius 1 is 0.969 bits per heavy atom. The zero-order valence-corrected chi connectivity index (χ0v) is 18.4. The molecule has 5 heteroatoms. The highest BCUT2D eigenvalue weighted by Crippen LogP contribution is 2.29. The number of rotatable bonds is 4. The van der Waals surface area contributed by atoms with Gasteiger partial charge < -0.3 is 0 Å². The van der Waals surface area contributed by atoms with Gasteiger partial charge in [0.15, 0.2) is 11.4 Å². The van der Waals surface area contributed by atoms with E-state index in [0.29, 0.717) is 16.9 Å². The molecule has 0 saturated heterocycles. The molecule has 0 amide bonds. The number of pyridine rings is 1. The minimum Gasteiger partial charge on any atom is -0.294 e. The van der Waals surface area contributed by atoms with E-state index in [1.54, 1.807) is 10.7 Å². The number of aromatic nitrogens is 4. The van der Waals surface area contributed by atoms with Crippen LogP contribution in [-0.2, 0) is 11.8 Å². The van der Waals surface area contributed by atoms with Crippen molar-refractivity contribution >= 4 is 22.2 Å². The van der Waals surface area contributed by atoms with Gasteiger partial charge in [-0.15, -0.1) is 0 Å². The molecule has 0 aliphatic carbocycles. The van der Waals surface area contributed by atoms with Crippen molar-refractivity contribution in [3.8, 4) is 11.3 Å². The standard InChI is InChI=1S/C27H24N4O/c1-27(2,3)20-10-8-18(9-11-20)25(32)15-21-14-24(31-26(30-21)12-13-29-31)23-17-28-16-19-6-4-5-7-22(19)23/h4-14,16-17H,15H2,1-3H3. The third-order valence-electron chi connectivity index (χ3n) is 5.77. The van der Waals surface area contributed by atoms with Crippen LogP contribution in [0.1, 0.15) is 42.4 Å². The SMILES string of the molecule is CC(C)(C)c1ccc(C(=O)Cc2cc(-c3cncc4ccccc34)n3nccc3n2)cc1. The van der Waals surface area contributed by atoms with Gasteiger partial charge >= 0.3 is 0 Å². The molecular weight excluding hydrogens is 396 g/mol. The van der Waals surface area contributed by atoms with Gasteiger partial charge in [0.1, 0.15) is 0 Å². The lowest BCUT2D eigenvalue weighted by Crippen LogP contribution is -2.12. The molecule has 0 saturated carbocycles. The number of fused-ring (bicyclic) bond motifs is 2. The van der Waals surface area contributed by atoms with E-state index in [2.05, 4.69) is 41.9 Å². The molecule has 32 heavy (non-hydrogen) atoms. The van der Waals surface area contributed by atoms with Crippen LogP contribution >= 0.6 is 0 Å². The van der Waals surface area contributed by atoms with Gasteiger partial charge in [0, 0.05) is 35.0 Å². The number of carbonyl (C=O) groups excluding carboxylic acids is 1. The Bertz CT molecular complexity index is 1440.